The van der Waals surface area contributed by atoms with Crippen molar-refractivity contribution in [1.82, 2.24) is 9.97 Å². The minimum Gasteiger partial charge on any atom is -0.392 e. The summed E-state index contributed by atoms with van der Waals surface area (Å²) in [5.41, 5.74) is 3.77. The molecule has 0 unspecified atom stereocenters. The van der Waals surface area contributed by atoms with Crippen molar-refractivity contribution < 1.29 is 5.11 Å². The normalized spacial score (nSPS) is 10.4. The topological polar surface area (TPSA) is 48.9 Å². The fourth-order valence-electron chi connectivity index (χ4n) is 1.43. The van der Waals surface area contributed by atoms with Gasteiger partial charge in [-0.05, 0) is 30.7 Å². The van der Waals surface area contributed by atoms with Crippen molar-refractivity contribution in [3.05, 3.63) is 41.7 Å². The summed E-state index contributed by atoms with van der Waals surface area (Å²) in [6.07, 6.45) is 1.75. The molecule has 0 aromatic carbocycles. The van der Waals surface area contributed by atoms with Gasteiger partial charge in [-0.2, -0.15) is 0 Å². The van der Waals surface area contributed by atoms with Crippen LogP contribution in [0.15, 0.2) is 30.5 Å². The molecule has 3 heteroatoms. The van der Waals surface area contributed by atoms with Gasteiger partial charge in [-0.15, -0.1) is 0 Å². The predicted molar refractivity (Wildman–Crippen MR) is 54.7 cm³/mol. The average molecular weight is 188 g/mol. The van der Waals surface area contributed by atoms with Crippen LogP contribution < -0.4 is 0 Å². The summed E-state index contributed by atoms with van der Waals surface area (Å²) in [5, 5.41) is 9.04. The van der Waals surface area contributed by atoms with Gasteiger partial charge in [0, 0.05) is 11.9 Å². The van der Waals surface area contributed by atoms with Crippen molar-refractivity contribution in [1.29, 1.82) is 0 Å². The van der Waals surface area contributed by atoms with Crippen LogP contribution in [0.25, 0.3) is 11.4 Å². The number of rotatable bonds is 2. The third kappa shape index (κ3) is 1.54. The largest absolute Gasteiger partial charge is 0.392 e. The van der Waals surface area contributed by atoms with Gasteiger partial charge in [0.2, 0.25) is 0 Å². The fraction of sp³-hybridized carbons (Fsp3) is 0.182. The van der Waals surface area contributed by atoms with E-state index in [2.05, 4.69) is 9.97 Å². The zero-order valence-corrected chi connectivity index (χ0v) is 7.99. The lowest BCUT2D eigenvalue weighted by Crippen LogP contribution is -1.81. The van der Waals surface area contributed by atoms with Crippen molar-refractivity contribution in [2.24, 2.45) is 0 Å². The molecular weight excluding hydrogens is 176 g/mol. The summed E-state index contributed by atoms with van der Waals surface area (Å²) >= 11 is 0. The Morgan fingerprint density at radius 3 is 2.86 bits per heavy atom. The van der Waals surface area contributed by atoms with Gasteiger partial charge >= 0.3 is 0 Å². The molecule has 0 bridgehead atoms. The van der Waals surface area contributed by atoms with Crippen molar-refractivity contribution in [3.8, 4) is 11.4 Å². The van der Waals surface area contributed by atoms with Gasteiger partial charge in [-0.3, -0.25) is 4.98 Å². The number of hydrogen-bond donors (Lipinski definition) is 2. The molecule has 2 aromatic heterocycles. The van der Waals surface area contributed by atoms with Crippen molar-refractivity contribution >= 4 is 0 Å². The highest BCUT2D eigenvalue weighted by Crippen LogP contribution is 2.19. The summed E-state index contributed by atoms with van der Waals surface area (Å²) < 4.78 is 0. The third-order valence-corrected chi connectivity index (χ3v) is 2.23. The zero-order chi connectivity index (χ0) is 9.97. The van der Waals surface area contributed by atoms with Gasteiger partial charge < -0.3 is 10.1 Å². The van der Waals surface area contributed by atoms with Crippen molar-refractivity contribution in [3.63, 3.8) is 0 Å². The lowest BCUT2D eigenvalue weighted by molar-refractivity contribution is 0.281. The lowest BCUT2D eigenvalue weighted by Gasteiger charge is -1.94. The van der Waals surface area contributed by atoms with E-state index in [1.807, 2.05) is 31.2 Å². The Balaban J connectivity index is 2.43. The van der Waals surface area contributed by atoms with Crippen molar-refractivity contribution in [2.45, 2.75) is 13.5 Å². The molecule has 0 aliphatic rings. The molecule has 0 aliphatic heterocycles. The Kier molecular flexibility index (Phi) is 2.33. The molecule has 0 spiro atoms. The number of nitrogens with zero attached hydrogens (tertiary/aromatic N) is 1. The number of aromatic amines is 1. The number of pyridine rings is 1. The van der Waals surface area contributed by atoms with E-state index in [1.54, 1.807) is 6.20 Å². The first-order valence-corrected chi connectivity index (χ1v) is 4.52. The first-order chi connectivity index (χ1) is 6.81. The van der Waals surface area contributed by atoms with Gasteiger partial charge in [0.1, 0.15) is 0 Å². The highest BCUT2D eigenvalue weighted by molar-refractivity contribution is 5.56. The van der Waals surface area contributed by atoms with E-state index in [9.17, 15) is 0 Å². The molecular formula is C11H12N2O. The van der Waals surface area contributed by atoms with Gasteiger partial charge in [-0.25, -0.2) is 0 Å². The number of aliphatic hydroxyl groups excluding tert-OH is 1. The second-order valence-corrected chi connectivity index (χ2v) is 3.21. The second kappa shape index (κ2) is 3.64. The molecule has 3 nitrogen and oxygen atoms in total. The van der Waals surface area contributed by atoms with Crippen LogP contribution in [0.5, 0.6) is 0 Å². The van der Waals surface area contributed by atoms with Crippen LogP contribution in [0.1, 0.15) is 11.3 Å². The Morgan fingerprint density at radius 1 is 1.43 bits per heavy atom. The molecule has 14 heavy (non-hydrogen) atoms. The van der Waals surface area contributed by atoms with Crippen LogP contribution in [0.3, 0.4) is 0 Å². The second-order valence-electron chi connectivity index (χ2n) is 3.21. The Labute approximate surface area is 82.4 Å². The SMILES string of the molecule is Cc1[nH]c(-c2ccccn2)cc1CO. The molecule has 0 saturated heterocycles. The molecule has 0 atom stereocenters. The molecule has 2 rings (SSSR count). The van der Waals surface area contributed by atoms with Crippen LogP contribution in [0.4, 0.5) is 0 Å². The van der Waals surface area contributed by atoms with E-state index in [0.717, 1.165) is 22.6 Å². The average Bonchev–Trinajstić information content (AvgIpc) is 2.61. The summed E-state index contributed by atoms with van der Waals surface area (Å²) in [6, 6.07) is 7.69. The first kappa shape index (κ1) is 8.97. The number of nitrogens with one attached hydrogen (secondary N) is 1. The monoisotopic (exact) mass is 188 g/mol. The van der Waals surface area contributed by atoms with E-state index < -0.39 is 0 Å². The number of hydrogen-bond acceptors (Lipinski definition) is 2. The maximum Gasteiger partial charge on any atom is 0.0864 e. The summed E-state index contributed by atoms with van der Waals surface area (Å²) in [6.45, 7) is 2.01. The van der Waals surface area contributed by atoms with Gasteiger partial charge in [0.05, 0.1) is 18.0 Å². The summed E-state index contributed by atoms with van der Waals surface area (Å²) in [4.78, 5) is 7.41. The third-order valence-electron chi connectivity index (χ3n) is 2.23. The zero-order valence-electron chi connectivity index (χ0n) is 7.99. The fourth-order valence-corrected chi connectivity index (χ4v) is 1.43. The molecule has 0 fully saturated rings. The number of H-pyrrole nitrogens is 1. The maximum absolute atomic E-state index is 9.04. The molecule has 0 saturated carbocycles. The smallest absolute Gasteiger partial charge is 0.0864 e. The quantitative estimate of drug-likeness (QED) is 0.756. The standard InChI is InChI=1S/C11H12N2O/c1-8-9(7-14)6-11(13-8)10-4-2-3-5-12-10/h2-6,13-14H,7H2,1H3. The minimum absolute atomic E-state index is 0.0646. The number of aryl methyl sites for hydroxylation is 1. The van der Waals surface area contributed by atoms with Gasteiger partial charge in [-0.1, -0.05) is 6.07 Å². The Morgan fingerprint density at radius 2 is 2.29 bits per heavy atom. The summed E-state index contributed by atoms with van der Waals surface area (Å²) in [5.74, 6) is 0. The van der Waals surface area contributed by atoms with Crippen LogP contribution in [-0.2, 0) is 6.61 Å². The minimum atomic E-state index is 0.0646. The van der Waals surface area contributed by atoms with Crippen LogP contribution in [0, 0.1) is 6.92 Å². The van der Waals surface area contributed by atoms with E-state index in [0.29, 0.717) is 0 Å². The molecule has 0 amide bonds. The molecule has 72 valence electrons. The highest BCUT2D eigenvalue weighted by Gasteiger charge is 2.05. The molecule has 2 aromatic rings. The first-order valence-electron chi connectivity index (χ1n) is 4.52. The van der Waals surface area contributed by atoms with E-state index in [4.69, 9.17) is 5.11 Å². The molecule has 2 heterocycles. The van der Waals surface area contributed by atoms with E-state index in [1.165, 1.54) is 0 Å². The van der Waals surface area contributed by atoms with Gasteiger partial charge in [0.25, 0.3) is 0 Å². The number of aromatic nitrogens is 2. The number of aliphatic hydroxyl groups is 1. The Hall–Kier alpha value is -1.61. The van der Waals surface area contributed by atoms with Crippen molar-refractivity contribution in [2.75, 3.05) is 0 Å². The maximum atomic E-state index is 9.04. The van der Waals surface area contributed by atoms with Crippen LogP contribution >= 0.6 is 0 Å². The molecule has 0 aliphatic carbocycles. The summed E-state index contributed by atoms with van der Waals surface area (Å²) in [7, 11) is 0. The molecule has 2 N–H and O–H groups in total. The Bertz CT molecular complexity index is 420. The van der Waals surface area contributed by atoms with E-state index >= 15 is 0 Å². The van der Waals surface area contributed by atoms with E-state index in [-0.39, 0.29) is 6.61 Å². The molecule has 0 radical (unpaired) electrons. The van der Waals surface area contributed by atoms with Crippen LogP contribution in [0.2, 0.25) is 0 Å². The highest BCUT2D eigenvalue weighted by atomic mass is 16.3. The predicted octanol–water partition coefficient (Wildman–Crippen LogP) is 1.88. The van der Waals surface area contributed by atoms with Crippen LogP contribution in [-0.4, -0.2) is 15.1 Å². The lowest BCUT2D eigenvalue weighted by atomic mass is 10.2. The van der Waals surface area contributed by atoms with Gasteiger partial charge in [0.15, 0.2) is 0 Å².